The summed E-state index contributed by atoms with van der Waals surface area (Å²) in [5, 5.41) is 3.46. The SMILES string of the molecule is O=C(Cn1c(-c2ncco2)nc2ccccc21)Nc1ccc(Cl)cc1. The Hall–Kier alpha value is -3.12. The molecular formula is C18H13ClN4O2. The number of hydrogen-bond donors (Lipinski definition) is 1. The third-order valence-corrected chi connectivity index (χ3v) is 3.96. The standard InChI is InChI=1S/C18H13ClN4O2/c19-12-5-7-13(8-6-12)21-16(24)11-23-15-4-2-1-3-14(15)22-17(23)18-20-9-10-25-18/h1-10H,11H2,(H,21,24). The maximum atomic E-state index is 12.5. The summed E-state index contributed by atoms with van der Waals surface area (Å²) >= 11 is 5.86. The lowest BCUT2D eigenvalue weighted by Gasteiger charge is -2.09. The summed E-state index contributed by atoms with van der Waals surface area (Å²) in [6, 6.07) is 14.5. The van der Waals surface area contributed by atoms with E-state index in [0.717, 1.165) is 11.0 Å². The third-order valence-electron chi connectivity index (χ3n) is 3.71. The number of nitrogens with one attached hydrogen (secondary N) is 1. The number of hydrogen-bond acceptors (Lipinski definition) is 4. The fourth-order valence-electron chi connectivity index (χ4n) is 2.61. The number of aromatic nitrogens is 3. The van der Waals surface area contributed by atoms with Crippen molar-refractivity contribution in [1.29, 1.82) is 0 Å². The fourth-order valence-corrected chi connectivity index (χ4v) is 2.74. The summed E-state index contributed by atoms with van der Waals surface area (Å²) in [4.78, 5) is 21.2. The van der Waals surface area contributed by atoms with Crippen molar-refractivity contribution in [2.24, 2.45) is 0 Å². The van der Waals surface area contributed by atoms with Crippen LogP contribution in [0, 0.1) is 0 Å². The Balaban J connectivity index is 1.67. The highest BCUT2D eigenvalue weighted by molar-refractivity contribution is 6.30. The maximum absolute atomic E-state index is 12.5. The second kappa shape index (κ2) is 6.41. The molecule has 0 aliphatic heterocycles. The van der Waals surface area contributed by atoms with E-state index in [0.29, 0.717) is 22.4 Å². The van der Waals surface area contributed by atoms with E-state index in [4.69, 9.17) is 16.0 Å². The first-order valence-electron chi connectivity index (χ1n) is 7.61. The van der Waals surface area contributed by atoms with Crippen molar-refractivity contribution >= 4 is 34.2 Å². The molecule has 4 aromatic rings. The number of para-hydroxylation sites is 2. The van der Waals surface area contributed by atoms with Crippen LogP contribution in [-0.4, -0.2) is 20.4 Å². The van der Waals surface area contributed by atoms with Crippen LogP contribution in [0.3, 0.4) is 0 Å². The molecule has 4 rings (SSSR count). The molecule has 0 unspecified atom stereocenters. The molecule has 0 bridgehead atoms. The van der Waals surface area contributed by atoms with Crippen LogP contribution >= 0.6 is 11.6 Å². The zero-order valence-corrected chi connectivity index (χ0v) is 13.8. The van der Waals surface area contributed by atoms with Gasteiger partial charge in [0.2, 0.25) is 5.91 Å². The first-order chi connectivity index (χ1) is 12.2. The number of anilines is 1. The largest absolute Gasteiger partial charge is 0.442 e. The van der Waals surface area contributed by atoms with Crippen molar-refractivity contribution in [2.75, 3.05) is 5.32 Å². The Morgan fingerprint density at radius 1 is 1.16 bits per heavy atom. The van der Waals surface area contributed by atoms with E-state index < -0.39 is 0 Å². The lowest BCUT2D eigenvalue weighted by Crippen LogP contribution is -2.19. The summed E-state index contributed by atoms with van der Waals surface area (Å²) in [5.74, 6) is 0.700. The van der Waals surface area contributed by atoms with E-state index in [2.05, 4.69) is 15.3 Å². The molecule has 25 heavy (non-hydrogen) atoms. The summed E-state index contributed by atoms with van der Waals surface area (Å²) in [6.45, 7) is 0.0842. The zero-order valence-electron chi connectivity index (χ0n) is 13.0. The number of amides is 1. The Labute approximate surface area is 148 Å². The molecular weight excluding hydrogens is 340 g/mol. The molecule has 7 heteroatoms. The van der Waals surface area contributed by atoms with Crippen LogP contribution < -0.4 is 5.32 Å². The van der Waals surface area contributed by atoms with Gasteiger partial charge in [0, 0.05) is 10.7 Å². The van der Waals surface area contributed by atoms with E-state index in [1.165, 1.54) is 6.26 Å². The summed E-state index contributed by atoms with van der Waals surface area (Å²) in [5.41, 5.74) is 2.29. The van der Waals surface area contributed by atoms with Gasteiger partial charge < -0.3 is 14.3 Å². The van der Waals surface area contributed by atoms with E-state index in [-0.39, 0.29) is 12.5 Å². The van der Waals surface area contributed by atoms with Gasteiger partial charge >= 0.3 is 0 Å². The van der Waals surface area contributed by atoms with Crippen molar-refractivity contribution in [2.45, 2.75) is 6.54 Å². The van der Waals surface area contributed by atoms with Crippen LogP contribution in [-0.2, 0) is 11.3 Å². The van der Waals surface area contributed by atoms with Crippen LogP contribution in [0.15, 0.2) is 65.4 Å². The van der Waals surface area contributed by atoms with E-state index in [1.54, 1.807) is 35.0 Å². The number of imidazole rings is 1. The van der Waals surface area contributed by atoms with Gasteiger partial charge in [-0.3, -0.25) is 4.79 Å². The quantitative estimate of drug-likeness (QED) is 0.603. The highest BCUT2D eigenvalue weighted by atomic mass is 35.5. The first-order valence-corrected chi connectivity index (χ1v) is 7.99. The molecule has 0 aliphatic rings. The van der Waals surface area contributed by atoms with Crippen LogP contribution in [0.4, 0.5) is 5.69 Å². The van der Waals surface area contributed by atoms with Gasteiger partial charge in [-0.15, -0.1) is 0 Å². The van der Waals surface area contributed by atoms with Gasteiger partial charge in [-0.25, -0.2) is 9.97 Å². The van der Waals surface area contributed by atoms with E-state index in [9.17, 15) is 4.79 Å². The van der Waals surface area contributed by atoms with Crippen LogP contribution in [0.5, 0.6) is 0 Å². The second-order valence-corrected chi connectivity index (χ2v) is 5.84. The van der Waals surface area contributed by atoms with Gasteiger partial charge in [0.05, 0.1) is 17.2 Å². The van der Waals surface area contributed by atoms with Gasteiger partial charge in [-0.2, -0.15) is 0 Å². The number of fused-ring (bicyclic) bond motifs is 1. The molecule has 2 aromatic carbocycles. The molecule has 0 saturated heterocycles. The highest BCUT2D eigenvalue weighted by Crippen LogP contribution is 2.23. The molecule has 6 nitrogen and oxygen atoms in total. The van der Waals surface area contributed by atoms with Crippen LogP contribution in [0.25, 0.3) is 22.7 Å². The molecule has 2 heterocycles. The lowest BCUT2D eigenvalue weighted by atomic mass is 10.3. The number of benzene rings is 2. The number of nitrogens with zero attached hydrogens (tertiary/aromatic N) is 3. The number of carbonyl (C=O) groups excluding carboxylic acids is 1. The van der Waals surface area contributed by atoms with Gasteiger partial charge in [-0.05, 0) is 36.4 Å². The first kappa shape index (κ1) is 15.4. The molecule has 0 atom stereocenters. The third kappa shape index (κ3) is 3.12. The Morgan fingerprint density at radius 3 is 2.72 bits per heavy atom. The minimum atomic E-state index is -0.182. The summed E-state index contributed by atoms with van der Waals surface area (Å²) in [7, 11) is 0. The van der Waals surface area contributed by atoms with Gasteiger partial charge in [0.1, 0.15) is 12.8 Å². The number of carbonyl (C=O) groups is 1. The Kier molecular flexibility index (Phi) is 3.95. The summed E-state index contributed by atoms with van der Waals surface area (Å²) < 4.78 is 7.15. The van der Waals surface area contributed by atoms with Crippen molar-refractivity contribution in [1.82, 2.24) is 14.5 Å². The van der Waals surface area contributed by atoms with Crippen molar-refractivity contribution in [3.05, 3.63) is 66.0 Å². The van der Waals surface area contributed by atoms with E-state index >= 15 is 0 Å². The Bertz CT molecular complexity index is 1020. The van der Waals surface area contributed by atoms with Crippen LogP contribution in [0.2, 0.25) is 5.02 Å². The zero-order chi connectivity index (χ0) is 17.2. The normalized spacial score (nSPS) is 10.9. The van der Waals surface area contributed by atoms with Crippen molar-refractivity contribution < 1.29 is 9.21 Å². The smallest absolute Gasteiger partial charge is 0.263 e. The van der Waals surface area contributed by atoms with Crippen molar-refractivity contribution in [3.8, 4) is 11.7 Å². The van der Waals surface area contributed by atoms with Gasteiger partial charge in [0.15, 0.2) is 5.82 Å². The molecule has 0 saturated carbocycles. The Morgan fingerprint density at radius 2 is 1.96 bits per heavy atom. The predicted molar refractivity (Wildman–Crippen MR) is 95.3 cm³/mol. The predicted octanol–water partition coefficient (Wildman–Crippen LogP) is 3.98. The van der Waals surface area contributed by atoms with Gasteiger partial charge in [-0.1, -0.05) is 23.7 Å². The minimum absolute atomic E-state index is 0.0842. The topological polar surface area (TPSA) is 73.0 Å². The molecule has 0 radical (unpaired) electrons. The molecule has 124 valence electrons. The van der Waals surface area contributed by atoms with Crippen LogP contribution in [0.1, 0.15) is 0 Å². The molecule has 0 spiro atoms. The van der Waals surface area contributed by atoms with Crippen molar-refractivity contribution in [3.63, 3.8) is 0 Å². The van der Waals surface area contributed by atoms with Gasteiger partial charge in [0.25, 0.3) is 5.89 Å². The lowest BCUT2D eigenvalue weighted by molar-refractivity contribution is -0.116. The summed E-state index contributed by atoms with van der Waals surface area (Å²) in [6.07, 6.45) is 3.03. The number of oxazole rings is 1. The maximum Gasteiger partial charge on any atom is 0.263 e. The average molecular weight is 353 g/mol. The second-order valence-electron chi connectivity index (χ2n) is 5.40. The molecule has 2 aromatic heterocycles. The average Bonchev–Trinajstić information content (AvgIpc) is 3.25. The van der Waals surface area contributed by atoms with E-state index in [1.807, 2.05) is 24.3 Å². The molecule has 0 aliphatic carbocycles. The molecule has 1 amide bonds. The molecule has 0 fully saturated rings. The minimum Gasteiger partial charge on any atom is -0.442 e. The highest BCUT2D eigenvalue weighted by Gasteiger charge is 2.18. The molecule has 1 N–H and O–H groups in total. The monoisotopic (exact) mass is 352 g/mol. The number of halogens is 1. The fraction of sp³-hybridized carbons (Fsp3) is 0.0556. The number of rotatable bonds is 4.